The largest absolute Gasteiger partial charge is 0.309 e. The SMILES string of the molecule is c1ccc(-c2cccc(-c3ccccc3N(c3ccc(-c4ccc(-c5cccc(-c6ccc7ccccc7c6)c5)cc4)cc3)c3cccc4c3-c3ccccc3C4(c3ccccc3)c3ccccc3)c2)cc1. The summed E-state index contributed by atoms with van der Waals surface area (Å²) in [6, 6.07) is 109. The Labute approximate surface area is 422 Å². The number of para-hydroxylation sites is 1. The maximum Gasteiger partial charge on any atom is 0.0714 e. The van der Waals surface area contributed by atoms with Crippen molar-refractivity contribution in [1.29, 1.82) is 0 Å². The zero-order chi connectivity index (χ0) is 47.8. The van der Waals surface area contributed by atoms with Gasteiger partial charge in [-0.2, -0.15) is 0 Å². The molecular formula is C71H49N. The lowest BCUT2D eigenvalue weighted by Gasteiger charge is -2.34. The maximum absolute atomic E-state index is 2.50. The van der Waals surface area contributed by atoms with Gasteiger partial charge in [-0.3, -0.25) is 0 Å². The quantitative estimate of drug-likeness (QED) is 0.132. The number of benzene rings is 12. The third-order valence-corrected chi connectivity index (χ3v) is 14.7. The summed E-state index contributed by atoms with van der Waals surface area (Å²) in [4.78, 5) is 2.50. The van der Waals surface area contributed by atoms with E-state index in [-0.39, 0.29) is 0 Å². The van der Waals surface area contributed by atoms with Crippen LogP contribution < -0.4 is 4.90 Å². The van der Waals surface area contributed by atoms with Crippen LogP contribution in [0.15, 0.2) is 297 Å². The summed E-state index contributed by atoms with van der Waals surface area (Å²) >= 11 is 0. The summed E-state index contributed by atoms with van der Waals surface area (Å²) in [7, 11) is 0. The smallest absolute Gasteiger partial charge is 0.0714 e. The molecule has 0 spiro atoms. The van der Waals surface area contributed by atoms with Crippen LogP contribution in [0.2, 0.25) is 0 Å². The fourth-order valence-corrected chi connectivity index (χ4v) is 11.4. The molecule has 1 nitrogen and oxygen atoms in total. The zero-order valence-corrected chi connectivity index (χ0v) is 39.7. The Morgan fingerprint density at radius 1 is 0.236 bits per heavy atom. The van der Waals surface area contributed by atoms with Crippen molar-refractivity contribution in [1.82, 2.24) is 0 Å². The Morgan fingerprint density at radius 2 is 0.653 bits per heavy atom. The van der Waals surface area contributed by atoms with Crippen LogP contribution in [0.1, 0.15) is 22.3 Å². The fourth-order valence-electron chi connectivity index (χ4n) is 11.4. The lowest BCUT2D eigenvalue weighted by atomic mass is 9.68. The molecule has 0 unspecified atom stereocenters. The Hall–Kier alpha value is -9.30. The predicted octanol–water partition coefficient (Wildman–Crippen LogP) is 19.0. The van der Waals surface area contributed by atoms with Crippen LogP contribution in [-0.2, 0) is 5.41 Å². The van der Waals surface area contributed by atoms with Crippen molar-refractivity contribution in [3.05, 3.63) is 320 Å². The van der Waals surface area contributed by atoms with Gasteiger partial charge >= 0.3 is 0 Å². The van der Waals surface area contributed by atoms with Gasteiger partial charge < -0.3 is 4.90 Å². The molecule has 13 rings (SSSR count). The van der Waals surface area contributed by atoms with Gasteiger partial charge in [0, 0.05) is 16.8 Å². The van der Waals surface area contributed by atoms with Crippen LogP contribution in [0.5, 0.6) is 0 Å². The molecule has 0 saturated heterocycles. The van der Waals surface area contributed by atoms with Gasteiger partial charge in [0.15, 0.2) is 0 Å². The first-order valence-corrected chi connectivity index (χ1v) is 24.9. The molecule has 0 heterocycles. The van der Waals surface area contributed by atoms with Crippen molar-refractivity contribution in [2.45, 2.75) is 5.41 Å². The van der Waals surface area contributed by atoms with Crippen LogP contribution >= 0.6 is 0 Å². The Morgan fingerprint density at radius 3 is 1.33 bits per heavy atom. The third kappa shape index (κ3) is 7.42. The van der Waals surface area contributed by atoms with Gasteiger partial charge in [-0.15, -0.1) is 0 Å². The second kappa shape index (κ2) is 18.2. The van der Waals surface area contributed by atoms with E-state index < -0.39 is 5.41 Å². The van der Waals surface area contributed by atoms with Crippen LogP contribution in [0.3, 0.4) is 0 Å². The van der Waals surface area contributed by atoms with E-state index in [0.29, 0.717) is 0 Å². The molecule has 0 N–H and O–H groups in total. The van der Waals surface area contributed by atoms with E-state index in [2.05, 4.69) is 302 Å². The fraction of sp³-hybridized carbons (Fsp3) is 0.0141. The number of rotatable bonds is 10. The van der Waals surface area contributed by atoms with Crippen LogP contribution in [-0.4, -0.2) is 0 Å². The number of anilines is 3. The van der Waals surface area contributed by atoms with Gasteiger partial charge in [-0.25, -0.2) is 0 Å². The normalized spacial score (nSPS) is 12.3. The Balaban J connectivity index is 0.942. The zero-order valence-electron chi connectivity index (χ0n) is 39.7. The topological polar surface area (TPSA) is 3.24 Å². The molecule has 72 heavy (non-hydrogen) atoms. The molecule has 0 saturated carbocycles. The predicted molar refractivity (Wildman–Crippen MR) is 303 cm³/mol. The molecule has 1 aliphatic carbocycles. The van der Waals surface area contributed by atoms with Crippen LogP contribution in [0.25, 0.3) is 77.5 Å². The standard InChI is InChI=1S/C71H49N/c1-4-19-50(20-5-1)57-24-17-26-60(49-57)64-31-13-15-35-68(64)72(69-36-18-34-67-70(69)65-32-12-14-33-66(65)71(67,61-27-6-2-7-28-61)62-29-8-3-9-30-62)63-45-43-53(44-46-63)52-37-39-54(40-38-52)56-23-16-25-58(47-56)59-42-41-51-21-10-11-22-55(51)48-59/h1-49H. The molecule has 0 amide bonds. The molecule has 1 aliphatic rings. The lowest BCUT2D eigenvalue weighted by Crippen LogP contribution is -2.28. The monoisotopic (exact) mass is 915 g/mol. The third-order valence-electron chi connectivity index (χ3n) is 14.7. The molecule has 0 radical (unpaired) electrons. The van der Waals surface area contributed by atoms with Crippen LogP contribution in [0.4, 0.5) is 17.1 Å². The molecule has 0 aromatic heterocycles. The lowest BCUT2D eigenvalue weighted by molar-refractivity contribution is 0.768. The number of hydrogen-bond acceptors (Lipinski definition) is 1. The highest BCUT2D eigenvalue weighted by Crippen LogP contribution is 2.60. The maximum atomic E-state index is 2.50. The van der Waals surface area contributed by atoms with E-state index in [1.807, 2.05) is 0 Å². The molecule has 338 valence electrons. The van der Waals surface area contributed by atoms with E-state index in [9.17, 15) is 0 Å². The summed E-state index contributed by atoms with van der Waals surface area (Å²) in [5, 5.41) is 2.51. The Bertz CT molecular complexity index is 3850. The van der Waals surface area contributed by atoms with Crippen LogP contribution in [0, 0.1) is 0 Å². The first kappa shape index (κ1) is 42.8. The highest BCUT2D eigenvalue weighted by Gasteiger charge is 2.47. The second-order valence-corrected chi connectivity index (χ2v) is 18.8. The molecule has 0 bridgehead atoms. The summed E-state index contributed by atoms with van der Waals surface area (Å²) in [5.41, 5.74) is 22.2. The average Bonchev–Trinajstić information content (AvgIpc) is 3.78. The molecule has 0 fully saturated rings. The van der Waals surface area contributed by atoms with Crippen molar-refractivity contribution in [3.63, 3.8) is 0 Å². The average molecular weight is 916 g/mol. The minimum Gasteiger partial charge on any atom is -0.309 e. The van der Waals surface area contributed by atoms with E-state index >= 15 is 0 Å². The van der Waals surface area contributed by atoms with Crippen molar-refractivity contribution in [2.24, 2.45) is 0 Å². The highest BCUT2D eigenvalue weighted by molar-refractivity contribution is 6.00. The summed E-state index contributed by atoms with van der Waals surface area (Å²) in [6.45, 7) is 0. The highest BCUT2D eigenvalue weighted by atomic mass is 15.1. The molecule has 0 atom stereocenters. The Kier molecular flexibility index (Phi) is 10.8. The first-order chi connectivity index (χ1) is 35.7. The summed E-state index contributed by atoms with van der Waals surface area (Å²) in [6.07, 6.45) is 0. The molecule has 12 aromatic rings. The van der Waals surface area contributed by atoms with E-state index in [1.165, 1.54) is 83.1 Å². The summed E-state index contributed by atoms with van der Waals surface area (Å²) in [5.74, 6) is 0. The van der Waals surface area contributed by atoms with Crippen molar-refractivity contribution < 1.29 is 0 Å². The van der Waals surface area contributed by atoms with Crippen molar-refractivity contribution in [3.8, 4) is 66.8 Å². The first-order valence-electron chi connectivity index (χ1n) is 24.9. The van der Waals surface area contributed by atoms with Gasteiger partial charge in [0.2, 0.25) is 0 Å². The minimum absolute atomic E-state index is 0.534. The van der Waals surface area contributed by atoms with Gasteiger partial charge in [0.05, 0.1) is 16.8 Å². The number of nitrogens with zero attached hydrogens (tertiary/aromatic N) is 1. The number of fused-ring (bicyclic) bond motifs is 4. The van der Waals surface area contributed by atoms with E-state index in [4.69, 9.17) is 0 Å². The van der Waals surface area contributed by atoms with E-state index in [0.717, 1.165) is 33.8 Å². The number of hydrogen-bond donors (Lipinski definition) is 0. The van der Waals surface area contributed by atoms with Gasteiger partial charge in [0.25, 0.3) is 0 Å². The van der Waals surface area contributed by atoms with Crippen molar-refractivity contribution >= 4 is 27.8 Å². The van der Waals surface area contributed by atoms with Gasteiger partial charge in [-0.1, -0.05) is 255 Å². The van der Waals surface area contributed by atoms with Gasteiger partial charge in [0.1, 0.15) is 0 Å². The van der Waals surface area contributed by atoms with Crippen molar-refractivity contribution in [2.75, 3.05) is 4.90 Å². The summed E-state index contributed by atoms with van der Waals surface area (Å²) < 4.78 is 0. The second-order valence-electron chi connectivity index (χ2n) is 18.8. The van der Waals surface area contributed by atoms with E-state index in [1.54, 1.807) is 0 Å². The molecule has 1 heteroatoms. The minimum atomic E-state index is -0.534. The molecule has 0 aliphatic heterocycles. The van der Waals surface area contributed by atoms with Gasteiger partial charge in [-0.05, 0) is 131 Å². The molecular weight excluding hydrogens is 867 g/mol. The molecule has 12 aromatic carbocycles.